The summed E-state index contributed by atoms with van der Waals surface area (Å²) in [5.41, 5.74) is 1.26. The SMILES string of the molecule is O=C(C1=COCCC1)c1ccoc1Br. The predicted octanol–water partition coefficient (Wildman–Crippen LogP) is 2.92. The maximum atomic E-state index is 11.8. The molecule has 0 radical (unpaired) electrons. The molecule has 0 unspecified atom stereocenters. The molecule has 1 aliphatic rings. The molecule has 0 atom stereocenters. The summed E-state index contributed by atoms with van der Waals surface area (Å²) in [6.45, 7) is 0.698. The molecule has 14 heavy (non-hydrogen) atoms. The van der Waals surface area contributed by atoms with Gasteiger partial charge in [-0.15, -0.1) is 0 Å². The largest absolute Gasteiger partial charge is 0.501 e. The Kier molecular flexibility index (Phi) is 2.72. The number of ether oxygens (including phenoxy) is 1. The van der Waals surface area contributed by atoms with Crippen molar-refractivity contribution in [1.29, 1.82) is 0 Å². The van der Waals surface area contributed by atoms with E-state index in [-0.39, 0.29) is 5.78 Å². The number of rotatable bonds is 2. The number of allylic oxidation sites excluding steroid dienone is 1. The molecular formula is C10H9BrO3. The monoisotopic (exact) mass is 256 g/mol. The molecule has 0 N–H and O–H groups in total. The van der Waals surface area contributed by atoms with E-state index in [4.69, 9.17) is 9.15 Å². The molecule has 0 bridgehead atoms. The third kappa shape index (κ3) is 1.75. The van der Waals surface area contributed by atoms with E-state index in [2.05, 4.69) is 15.9 Å². The number of halogens is 1. The van der Waals surface area contributed by atoms with Crippen molar-refractivity contribution in [2.45, 2.75) is 12.8 Å². The van der Waals surface area contributed by atoms with Crippen LogP contribution in [-0.4, -0.2) is 12.4 Å². The predicted molar refractivity (Wildman–Crippen MR) is 54.0 cm³/mol. The van der Waals surface area contributed by atoms with Crippen molar-refractivity contribution < 1.29 is 13.9 Å². The van der Waals surface area contributed by atoms with E-state index < -0.39 is 0 Å². The van der Waals surface area contributed by atoms with Gasteiger partial charge in [0.2, 0.25) is 0 Å². The lowest BCUT2D eigenvalue weighted by molar-refractivity contribution is 0.101. The highest BCUT2D eigenvalue weighted by Gasteiger charge is 2.19. The van der Waals surface area contributed by atoms with Gasteiger partial charge in [-0.1, -0.05) is 0 Å². The van der Waals surface area contributed by atoms with Crippen LogP contribution in [0, 0.1) is 0 Å². The molecule has 0 saturated heterocycles. The fourth-order valence-electron chi connectivity index (χ4n) is 1.36. The first-order valence-electron chi connectivity index (χ1n) is 4.37. The first-order valence-corrected chi connectivity index (χ1v) is 5.16. The number of hydrogen-bond acceptors (Lipinski definition) is 3. The minimum absolute atomic E-state index is 0.0228. The summed E-state index contributed by atoms with van der Waals surface area (Å²) in [5.74, 6) is -0.0228. The number of carbonyl (C=O) groups excluding carboxylic acids is 1. The Morgan fingerprint density at radius 2 is 2.36 bits per heavy atom. The van der Waals surface area contributed by atoms with E-state index in [0.717, 1.165) is 12.8 Å². The normalized spacial score (nSPS) is 15.9. The van der Waals surface area contributed by atoms with Crippen LogP contribution < -0.4 is 0 Å². The fourth-order valence-corrected chi connectivity index (χ4v) is 1.78. The highest BCUT2D eigenvalue weighted by molar-refractivity contribution is 9.10. The molecule has 2 heterocycles. The quantitative estimate of drug-likeness (QED) is 0.764. The van der Waals surface area contributed by atoms with Crippen molar-refractivity contribution in [3.8, 4) is 0 Å². The second kappa shape index (κ2) is 4.00. The molecule has 0 spiro atoms. The smallest absolute Gasteiger partial charge is 0.196 e. The summed E-state index contributed by atoms with van der Waals surface area (Å²) >= 11 is 3.18. The minimum atomic E-state index is -0.0228. The zero-order chi connectivity index (χ0) is 9.97. The topological polar surface area (TPSA) is 39.4 Å². The zero-order valence-corrected chi connectivity index (χ0v) is 9.04. The number of furan rings is 1. The molecule has 1 aromatic heterocycles. The molecule has 3 nitrogen and oxygen atoms in total. The number of ketones is 1. The van der Waals surface area contributed by atoms with Crippen LogP contribution >= 0.6 is 15.9 Å². The Labute approximate surface area is 89.9 Å². The molecule has 1 aromatic rings. The minimum Gasteiger partial charge on any atom is -0.501 e. The van der Waals surface area contributed by atoms with Crippen LogP contribution in [0.1, 0.15) is 23.2 Å². The summed E-state index contributed by atoms with van der Waals surface area (Å²) in [6.07, 6.45) is 4.70. The lowest BCUT2D eigenvalue weighted by Gasteiger charge is -2.11. The first-order chi connectivity index (χ1) is 6.79. The molecule has 0 fully saturated rings. The van der Waals surface area contributed by atoms with E-state index in [1.165, 1.54) is 6.26 Å². The molecule has 0 saturated carbocycles. The van der Waals surface area contributed by atoms with Gasteiger partial charge >= 0.3 is 0 Å². The Hall–Kier alpha value is -1.03. The summed E-state index contributed by atoms with van der Waals surface area (Å²) in [7, 11) is 0. The molecule has 74 valence electrons. The Balaban J connectivity index is 2.23. The van der Waals surface area contributed by atoms with Gasteiger partial charge in [0.05, 0.1) is 24.7 Å². The van der Waals surface area contributed by atoms with Crippen LogP contribution in [0.2, 0.25) is 0 Å². The van der Waals surface area contributed by atoms with Gasteiger partial charge in [-0.2, -0.15) is 0 Å². The van der Waals surface area contributed by atoms with Crippen LogP contribution in [0.25, 0.3) is 0 Å². The average Bonchev–Trinajstić information content (AvgIpc) is 2.65. The fraction of sp³-hybridized carbons (Fsp3) is 0.300. The Morgan fingerprint density at radius 1 is 1.50 bits per heavy atom. The van der Waals surface area contributed by atoms with Crippen molar-refractivity contribution in [3.05, 3.63) is 34.4 Å². The van der Waals surface area contributed by atoms with Crippen LogP contribution in [0.15, 0.2) is 33.3 Å². The molecular weight excluding hydrogens is 248 g/mol. The second-order valence-corrected chi connectivity index (χ2v) is 3.77. The van der Waals surface area contributed by atoms with Crippen molar-refractivity contribution in [3.63, 3.8) is 0 Å². The van der Waals surface area contributed by atoms with Gasteiger partial charge in [-0.3, -0.25) is 4.79 Å². The number of hydrogen-bond donors (Lipinski definition) is 0. The molecule has 0 amide bonds. The highest BCUT2D eigenvalue weighted by Crippen LogP contribution is 2.23. The van der Waals surface area contributed by atoms with E-state index in [9.17, 15) is 4.79 Å². The van der Waals surface area contributed by atoms with Gasteiger partial charge in [-0.25, -0.2) is 0 Å². The van der Waals surface area contributed by atoms with E-state index in [0.29, 0.717) is 22.4 Å². The van der Waals surface area contributed by atoms with E-state index in [1.807, 2.05) is 0 Å². The summed E-state index contributed by atoms with van der Waals surface area (Å²) < 4.78 is 10.6. The standard InChI is InChI=1S/C10H9BrO3/c11-10-8(3-5-14-10)9(12)7-2-1-4-13-6-7/h3,5-6H,1-2,4H2. The Morgan fingerprint density at radius 3 is 2.93 bits per heavy atom. The zero-order valence-electron chi connectivity index (χ0n) is 7.46. The Bertz CT molecular complexity index is 378. The maximum absolute atomic E-state index is 11.8. The van der Waals surface area contributed by atoms with Crippen LogP contribution in [0.3, 0.4) is 0 Å². The van der Waals surface area contributed by atoms with Crippen molar-refractivity contribution in [2.75, 3.05) is 6.61 Å². The van der Waals surface area contributed by atoms with Crippen LogP contribution in [-0.2, 0) is 4.74 Å². The molecule has 2 rings (SSSR count). The summed E-state index contributed by atoms with van der Waals surface area (Å²) in [4.78, 5) is 11.8. The third-order valence-electron chi connectivity index (χ3n) is 2.09. The van der Waals surface area contributed by atoms with Crippen LogP contribution in [0.5, 0.6) is 0 Å². The van der Waals surface area contributed by atoms with Crippen molar-refractivity contribution >= 4 is 21.7 Å². The van der Waals surface area contributed by atoms with Gasteiger partial charge in [0.15, 0.2) is 10.5 Å². The van der Waals surface area contributed by atoms with Crippen LogP contribution in [0.4, 0.5) is 0 Å². The van der Waals surface area contributed by atoms with Gasteiger partial charge in [0.1, 0.15) is 0 Å². The molecule has 4 heteroatoms. The van der Waals surface area contributed by atoms with Gasteiger partial charge < -0.3 is 9.15 Å². The molecule has 0 aromatic carbocycles. The summed E-state index contributed by atoms with van der Waals surface area (Å²) in [6, 6.07) is 1.65. The van der Waals surface area contributed by atoms with E-state index >= 15 is 0 Å². The maximum Gasteiger partial charge on any atom is 0.196 e. The van der Waals surface area contributed by atoms with Crippen molar-refractivity contribution in [1.82, 2.24) is 0 Å². The third-order valence-corrected chi connectivity index (χ3v) is 2.70. The van der Waals surface area contributed by atoms with Crippen molar-refractivity contribution in [2.24, 2.45) is 0 Å². The van der Waals surface area contributed by atoms with Gasteiger partial charge in [0.25, 0.3) is 0 Å². The summed E-state index contributed by atoms with van der Waals surface area (Å²) in [5, 5.41) is 0. The molecule has 1 aliphatic heterocycles. The lowest BCUT2D eigenvalue weighted by atomic mass is 10.0. The lowest BCUT2D eigenvalue weighted by Crippen LogP contribution is -2.08. The highest BCUT2D eigenvalue weighted by atomic mass is 79.9. The average molecular weight is 257 g/mol. The molecule has 0 aliphatic carbocycles. The van der Waals surface area contributed by atoms with Gasteiger partial charge in [0, 0.05) is 5.57 Å². The second-order valence-electron chi connectivity index (χ2n) is 3.05. The van der Waals surface area contributed by atoms with E-state index in [1.54, 1.807) is 12.3 Å². The number of carbonyl (C=O) groups is 1. The first kappa shape index (κ1) is 9.52. The van der Waals surface area contributed by atoms with Gasteiger partial charge in [-0.05, 0) is 34.8 Å². The number of Topliss-reactive ketones (excluding diaryl/α,β-unsaturated/α-hetero) is 1.